The monoisotopic (exact) mass is 313 g/mol. The van der Waals surface area contributed by atoms with Crippen LogP contribution in [0.1, 0.15) is 39.5 Å². The molecule has 1 fully saturated rings. The fourth-order valence-corrected chi connectivity index (χ4v) is 2.72. The van der Waals surface area contributed by atoms with E-state index in [1.807, 2.05) is 0 Å². The lowest BCUT2D eigenvalue weighted by Gasteiger charge is -2.26. The van der Waals surface area contributed by atoms with E-state index in [-0.39, 0.29) is 17.1 Å². The Labute approximate surface area is 131 Å². The van der Waals surface area contributed by atoms with E-state index in [0.29, 0.717) is 12.8 Å². The number of hydrogen-bond donors (Lipinski definition) is 2. The van der Waals surface area contributed by atoms with Gasteiger partial charge in [-0.15, -0.1) is 0 Å². The van der Waals surface area contributed by atoms with E-state index in [0.717, 1.165) is 45.7 Å². The van der Waals surface area contributed by atoms with Gasteiger partial charge in [-0.1, -0.05) is 20.3 Å². The predicted octanol–water partition coefficient (Wildman–Crippen LogP) is 2.00. The second-order valence-electron chi connectivity index (χ2n) is 5.92. The van der Waals surface area contributed by atoms with Crippen molar-refractivity contribution >= 4 is 11.9 Å². The van der Waals surface area contributed by atoms with Gasteiger partial charge in [0.05, 0.1) is 13.2 Å². The van der Waals surface area contributed by atoms with Crippen LogP contribution in [0.3, 0.4) is 0 Å². The number of aliphatic carboxylic acids is 2. The van der Waals surface area contributed by atoms with E-state index in [2.05, 4.69) is 4.90 Å². The highest BCUT2D eigenvalue weighted by Gasteiger charge is 2.22. The molecule has 0 aliphatic carbocycles. The molecule has 6 nitrogen and oxygen atoms in total. The highest BCUT2D eigenvalue weighted by molar-refractivity contribution is 5.99. The molecular weight excluding hydrogens is 286 g/mol. The van der Waals surface area contributed by atoms with E-state index < -0.39 is 11.9 Å². The van der Waals surface area contributed by atoms with Crippen LogP contribution < -0.4 is 0 Å². The van der Waals surface area contributed by atoms with E-state index in [1.165, 1.54) is 0 Å². The van der Waals surface area contributed by atoms with Crippen LogP contribution in [0.15, 0.2) is 11.1 Å². The molecule has 0 aromatic carbocycles. The number of rotatable bonds is 9. The molecule has 0 saturated carbocycles. The normalized spacial score (nSPS) is 17.4. The minimum Gasteiger partial charge on any atom is -0.478 e. The Morgan fingerprint density at radius 2 is 1.68 bits per heavy atom. The number of hydrogen-bond acceptors (Lipinski definition) is 4. The number of nitrogens with zero attached hydrogens (tertiary/aromatic N) is 1. The Balaban J connectivity index is 2.43. The largest absolute Gasteiger partial charge is 0.478 e. The van der Waals surface area contributed by atoms with Gasteiger partial charge in [0.2, 0.25) is 0 Å². The Bertz CT molecular complexity index is 411. The minimum absolute atomic E-state index is 0.0284. The zero-order valence-electron chi connectivity index (χ0n) is 13.5. The van der Waals surface area contributed by atoms with Crippen molar-refractivity contribution in [1.82, 2.24) is 4.90 Å². The highest BCUT2D eigenvalue weighted by Crippen LogP contribution is 2.21. The lowest BCUT2D eigenvalue weighted by atomic mass is 9.93. The molecule has 6 heteroatoms. The summed E-state index contributed by atoms with van der Waals surface area (Å²) in [4.78, 5) is 24.9. The van der Waals surface area contributed by atoms with Crippen molar-refractivity contribution in [3.63, 3.8) is 0 Å². The molecule has 1 aliphatic heterocycles. The molecule has 0 spiro atoms. The van der Waals surface area contributed by atoms with Gasteiger partial charge in [-0.2, -0.15) is 0 Å². The van der Waals surface area contributed by atoms with Crippen LogP contribution in [0.4, 0.5) is 0 Å². The topological polar surface area (TPSA) is 87.1 Å². The van der Waals surface area contributed by atoms with Gasteiger partial charge in [-0.05, 0) is 31.7 Å². The van der Waals surface area contributed by atoms with Crippen LogP contribution in [0.25, 0.3) is 0 Å². The van der Waals surface area contributed by atoms with Crippen LogP contribution >= 0.6 is 0 Å². The third kappa shape index (κ3) is 6.15. The SMILES string of the molecule is CC(C)C(C(=O)O)=C(CCCCCN1CCOCC1)C(=O)O. The minimum atomic E-state index is -1.12. The number of carboxylic acids is 2. The summed E-state index contributed by atoms with van der Waals surface area (Å²) in [6.45, 7) is 7.89. The lowest BCUT2D eigenvalue weighted by Crippen LogP contribution is -2.36. The molecule has 1 aliphatic rings. The maximum atomic E-state index is 11.3. The number of ether oxygens (including phenoxy) is 1. The molecule has 126 valence electrons. The van der Waals surface area contributed by atoms with Crippen molar-refractivity contribution in [3.05, 3.63) is 11.1 Å². The van der Waals surface area contributed by atoms with E-state index in [9.17, 15) is 19.8 Å². The molecular formula is C16H27NO5. The summed E-state index contributed by atoms with van der Waals surface area (Å²) in [5, 5.41) is 18.5. The van der Waals surface area contributed by atoms with Crippen LogP contribution in [0.2, 0.25) is 0 Å². The molecule has 1 saturated heterocycles. The molecule has 2 N–H and O–H groups in total. The molecule has 0 aromatic rings. The molecule has 0 unspecified atom stereocenters. The van der Waals surface area contributed by atoms with E-state index in [1.54, 1.807) is 13.8 Å². The summed E-state index contributed by atoms with van der Waals surface area (Å²) < 4.78 is 5.29. The van der Waals surface area contributed by atoms with Crippen molar-refractivity contribution in [3.8, 4) is 0 Å². The molecule has 0 atom stereocenters. The molecule has 1 heterocycles. The number of unbranched alkanes of at least 4 members (excludes halogenated alkanes) is 2. The summed E-state index contributed by atoms with van der Waals surface area (Å²) in [6, 6.07) is 0. The van der Waals surface area contributed by atoms with Crippen molar-refractivity contribution in [2.75, 3.05) is 32.8 Å². The first-order valence-electron chi connectivity index (χ1n) is 7.93. The van der Waals surface area contributed by atoms with Gasteiger partial charge in [0, 0.05) is 24.2 Å². The second kappa shape index (κ2) is 9.58. The smallest absolute Gasteiger partial charge is 0.332 e. The zero-order chi connectivity index (χ0) is 16.5. The Kier molecular flexibility index (Phi) is 8.12. The summed E-state index contributed by atoms with van der Waals surface area (Å²) in [6.07, 6.45) is 2.92. The first kappa shape index (κ1) is 18.6. The van der Waals surface area contributed by atoms with Crippen LogP contribution in [-0.4, -0.2) is 59.9 Å². The van der Waals surface area contributed by atoms with Crippen molar-refractivity contribution in [2.24, 2.45) is 5.92 Å². The number of carboxylic acid groups (broad SMARTS) is 2. The zero-order valence-corrected chi connectivity index (χ0v) is 13.5. The lowest BCUT2D eigenvalue weighted by molar-refractivity contribution is -0.136. The maximum absolute atomic E-state index is 11.3. The van der Waals surface area contributed by atoms with E-state index >= 15 is 0 Å². The van der Waals surface area contributed by atoms with Gasteiger partial charge in [0.1, 0.15) is 0 Å². The number of carbonyl (C=O) groups is 2. The summed E-state index contributed by atoms with van der Waals surface area (Å²) >= 11 is 0. The summed E-state index contributed by atoms with van der Waals surface area (Å²) in [7, 11) is 0. The van der Waals surface area contributed by atoms with Crippen molar-refractivity contribution in [1.29, 1.82) is 0 Å². The molecule has 0 aromatic heterocycles. The highest BCUT2D eigenvalue weighted by atomic mass is 16.5. The Morgan fingerprint density at radius 3 is 2.18 bits per heavy atom. The third-order valence-corrected chi connectivity index (χ3v) is 3.90. The first-order valence-corrected chi connectivity index (χ1v) is 7.93. The molecule has 0 bridgehead atoms. The van der Waals surface area contributed by atoms with Crippen LogP contribution in [0, 0.1) is 5.92 Å². The van der Waals surface area contributed by atoms with Gasteiger partial charge in [-0.3, -0.25) is 4.90 Å². The van der Waals surface area contributed by atoms with E-state index in [4.69, 9.17) is 4.74 Å². The average molecular weight is 313 g/mol. The Morgan fingerprint density at radius 1 is 1.05 bits per heavy atom. The first-order chi connectivity index (χ1) is 10.4. The standard InChI is InChI=1S/C16H27NO5/c1-12(2)14(16(20)21)13(15(18)19)6-4-3-5-7-17-8-10-22-11-9-17/h12H,3-11H2,1-2H3,(H,18,19)(H,20,21). The van der Waals surface area contributed by atoms with Crippen molar-refractivity contribution < 1.29 is 24.5 Å². The third-order valence-electron chi connectivity index (χ3n) is 3.90. The average Bonchev–Trinajstić information content (AvgIpc) is 2.45. The van der Waals surface area contributed by atoms with Crippen LogP contribution in [-0.2, 0) is 14.3 Å². The van der Waals surface area contributed by atoms with Crippen LogP contribution in [0.5, 0.6) is 0 Å². The molecule has 0 radical (unpaired) electrons. The predicted molar refractivity (Wildman–Crippen MR) is 82.9 cm³/mol. The van der Waals surface area contributed by atoms with Crippen molar-refractivity contribution in [2.45, 2.75) is 39.5 Å². The fourth-order valence-electron chi connectivity index (χ4n) is 2.72. The molecule has 0 amide bonds. The quantitative estimate of drug-likeness (QED) is 0.500. The molecule has 22 heavy (non-hydrogen) atoms. The summed E-state index contributed by atoms with van der Waals surface area (Å²) in [5.41, 5.74) is 0.0783. The fraction of sp³-hybridized carbons (Fsp3) is 0.750. The van der Waals surface area contributed by atoms with Gasteiger partial charge in [-0.25, -0.2) is 9.59 Å². The number of morpholine rings is 1. The Hall–Kier alpha value is -1.40. The van der Waals surface area contributed by atoms with Gasteiger partial charge >= 0.3 is 11.9 Å². The molecule has 1 rings (SSSR count). The van der Waals surface area contributed by atoms with Gasteiger partial charge in [0.25, 0.3) is 0 Å². The second-order valence-corrected chi connectivity index (χ2v) is 5.92. The van der Waals surface area contributed by atoms with Gasteiger partial charge in [0.15, 0.2) is 0 Å². The maximum Gasteiger partial charge on any atom is 0.332 e. The van der Waals surface area contributed by atoms with Gasteiger partial charge < -0.3 is 14.9 Å². The summed E-state index contributed by atoms with van der Waals surface area (Å²) in [5.74, 6) is -2.53.